The van der Waals surface area contributed by atoms with Gasteiger partial charge in [-0.3, -0.25) is 4.79 Å². The van der Waals surface area contributed by atoms with E-state index in [0.717, 1.165) is 18.5 Å². The molecule has 0 spiro atoms. The zero-order valence-corrected chi connectivity index (χ0v) is 15.3. The van der Waals surface area contributed by atoms with E-state index in [1.165, 1.54) is 0 Å². The third-order valence-electron chi connectivity index (χ3n) is 4.41. The fraction of sp³-hybridized carbons (Fsp3) is 0.650. The van der Waals surface area contributed by atoms with E-state index in [0.29, 0.717) is 32.1 Å². The van der Waals surface area contributed by atoms with Crippen LogP contribution in [0.1, 0.15) is 32.3 Å². The molecule has 0 aromatic heterocycles. The molecule has 25 heavy (non-hydrogen) atoms. The second-order valence-electron chi connectivity index (χ2n) is 7.25. The van der Waals surface area contributed by atoms with Crippen LogP contribution in [0.5, 0.6) is 0 Å². The van der Waals surface area contributed by atoms with Crippen LogP contribution < -0.4 is 5.32 Å². The molecule has 5 heteroatoms. The van der Waals surface area contributed by atoms with Gasteiger partial charge in [0.25, 0.3) is 0 Å². The molecular weight excluding hydrogens is 318 g/mol. The molecule has 1 aliphatic heterocycles. The standard InChI is InChI=1S/C20H31NO4/c1-15(2)12-21-13-19(22)17(10-16-6-4-3-5-7-16)11-20(23)25-18-8-9-24-14-18/h3-7,15,17-19,21-22H,8-14H2,1-2H3/t17-,18+,19-/m1/s1. The largest absolute Gasteiger partial charge is 0.460 e. The normalized spacial score (nSPS) is 19.8. The summed E-state index contributed by atoms with van der Waals surface area (Å²) in [7, 11) is 0. The van der Waals surface area contributed by atoms with Crippen molar-refractivity contribution >= 4 is 5.97 Å². The number of hydrogen-bond donors (Lipinski definition) is 2. The van der Waals surface area contributed by atoms with E-state index in [4.69, 9.17) is 9.47 Å². The molecule has 1 heterocycles. The maximum Gasteiger partial charge on any atom is 0.306 e. The number of esters is 1. The minimum Gasteiger partial charge on any atom is -0.460 e. The van der Waals surface area contributed by atoms with Gasteiger partial charge in [0.15, 0.2) is 0 Å². The molecule has 1 saturated heterocycles. The van der Waals surface area contributed by atoms with Crippen molar-refractivity contribution in [3.63, 3.8) is 0 Å². The zero-order valence-electron chi connectivity index (χ0n) is 15.3. The van der Waals surface area contributed by atoms with Crippen LogP contribution in [0.4, 0.5) is 0 Å². The Balaban J connectivity index is 1.91. The molecule has 2 rings (SSSR count). The summed E-state index contributed by atoms with van der Waals surface area (Å²) in [5.41, 5.74) is 1.12. The summed E-state index contributed by atoms with van der Waals surface area (Å²) in [5, 5.41) is 13.9. The van der Waals surface area contributed by atoms with Crippen molar-refractivity contribution in [2.75, 3.05) is 26.3 Å². The van der Waals surface area contributed by atoms with Gasteiger partial charge in [-0.05, 0) is 24.4 Å². The second kappa shape index (κ2) is 10.5. The van der Waals surface area contributed by atoms with E-state index < -0.39 is 6.10 Å². The Morgan fingerprint density at radius 3 is 2.72 bits per heavy atom. The van der Waals surface area contributed by atoms with Crippen LogP contribution in [-0.2, 0) is 20.7 Å². The molecule has 1 aliphatic rings. The predicted molar refractivity (Wildman–Crippen MR) is 97.3 cm³/mol. The minimum atomic E-state index is -0.591. The molecule has 2 N–H and O–H groups in total. The van der Waals surface area contributed by atoms with E-state index in [1.807, 2.05) is 30.3 Å². The number of benzene rings is 1. The number of aliphatic hydroxyl groups is 1. The lowest BCUT2D eigenvalue weighted by Crippen LogP contribution is -2.37. The molecule has 1 aromatic carbocycles. The quantitative estimate of drug-likeness (QED) is 0.634. The van der Waals surface area contributed by atoms with Crippen molar-refractivity contribution < 1.29 is 19.4 Å². The first-order valence-electron chi connectivity index (χ1n) is 9.24. The summed E-state index contributed by atoms with van der Waals surface area (Å²) < 4.78 is 10.7. The van der Waals surface area contributed by atoms with Gasteiger partial charge in [-0.15, -0.1) is 0 Å². The predicted octanol–water partition coefficient (Wildman–Crippen LogP) is 2.17. The molecule has 5 nitrogen and oxygen atoms in total. The van der Waals surface area contributed by atoms with Crippen molar-refractivity contribution in [2.45, 2.75) is 45.3 Å². The Kier molecular flexibility index (Phi) is 8.38. The van der Waals surface area contributed by atoms with Crippen molar-refractivity contribution in [2.24, 2.45) is 11.8 Å². The fourth-order valence-electron chi connectivity index (χ4n) is 3.00. The third kappa shape index (κ3) is 7.55. The minimum absolute atomic E-state index is 0.138. The average molecular weight is 349 g/mol. The number of aliphatic hydroxyl groups excluding tert-OH is 1. The molecule has 1 fully saturated rings. The lowest BCUT2D eigenvalue weighted by Gasteiger charge is -2.24. The van der Waals surface area contributed by atoms with Crippen LogP contribution in [-0.4, -0.2) is 49.6 Å². The van der Waals surface area contributed by atoms with Gasteiger partial charge >= 0.3 is 5.97 Å². The van der Waals surface area contributed by atoms with Crippen molar-refractivity contribution in [1.29, 1.82) is 0 Å². The van der Waals surface area contributed by atoms with Gasteiger partial charge < -0.3 is 19.9 Å². The summed E-state index contributed by atoms with van der Waals surface area (Å²) in [6.45, 7) is 6.71. The summed E-state index contributed by atoms with van der Waals surface area (Å²) in [5.74, 6) is 0.100. The van der Waals surface area contributed by atoms with E-state index in [1.54, 1.807) is 0 Å². The highest BCUT2D eigenvalue weighted by Gasteiger charge is 2.26. The highest BCUT2D eigenvalue weighted by molar-refractivity contribution is 5.70. The number of carbonyl (C=O) groups excluding carboxylic acids is 1. The molecule has 0 unspecified atom stereocenters. The monoisotopic (exact) mass is 349 g/mol. The van der Waals surface area contributed by atoms with Gasteiger partial charge in [-0.2, -0.15) is 0 Å². The number of carbonyl (C=O) groups is 1. The van der Waals surface area contributed by atoms with Crippen LogP contribution in [0, 0.1) is 11.8 Å². The number of rotatable bonds is 10. The van der Waals surface area contributed by atoms with Gasteiger partial charge in [0, 0.05) is 18.9 Å². The maximum atomic E-state index is 12.3. The van der Waals surface area contributed by atoms with Gasteiger partial charge in [0.1, 0.15) is 6.10 Å². The van der Waals surface area contributed by atoms with Crippen LogP contribution in [0.25, 0.3) is 0 Å². The Hall–Kier alpha value is -1.43. The molecule has 3 atom stereocenters. The molecule has 0 amide bonds. The number of ether oxygens (including phenoxy) is 2. The number of nitrogens with one attached hydrogen (secondary N) is 1. The highest BCUT2D eigenvalue weighted by atomic mass is 16.6. The highest BCUT2D eigenvalue weighted by Crippen LogP contribution is 2.19. The Bertz CT molecular complexity index is 500. The average Bonchev–Trinajstić information content (AvgIpc) is 3.07. The zero-order chi connectivity index (χ0) is 18.1. The maximum absolute atomic E-state index is 12.3. The van der Waals surface area contributed by atoms with Crippen LogP contribution in [0.15, 0.2) is 30.3 Å². The van der Waals surface area contributed by atoms with Gasteiger partial charge in [0.05, 0.1) is 25.7 Å². The topological polar surface area (TPSA) is 67.8 Å². The van der Waals surface area contributed by atoms with Crippen LogP contribution in [0.2, 0.25) is 0 Å². The van der Waals surface area contributed by atoms with E-state index in [2.05, 4.69) is 19.2 Å². The second-order valence-corrected chi connectivity index (χ2v) is 7.25. The molecule has 140 valence electrons. The Morgan fingerprint density at radius 1 is 1.32 bits per heavy atom. The lowest BCUT2D eigenvalue weighted by molar-refractivity contribution is -0.151. The van der Waals surface area contributed by atoms with Crippen LogP contribution >= 0.6 is 0 Å². The first kappa shape index (κ1) is 19.9. The molecule has 1 aromatic rings. The summed E-state index contributed by atoms with van der Waals surface area (Å²) in [6, 6.07) is 9.97. The van der Waals surface area contributed by atoms with E-state index in [9.17, 15) is 9.90 Å². The lowest BCUT2D eigenvalue weighted by atomic mass is 9.90. The first-order chi connectivity index (χ1) is 12.0. The molecule has 0 bridgehead atoms. The molecular formula is C20H31NO4. The summed E-state index contributed by atoms with van der Waals surface area (Å²) >= 11 is 0. The van der Waals surface area contributed by atoms with E-state index >= 15 is 0 Å². The van der Waals surface area contributed by atoms with Crippen molar-refractivity contribution in [1.82, 2.24) is 5.32 Å². The van der Waals surface area contributed by atoms with Crippen LogP contribution in [0.3, 0.4) is 0 Å². The molecule has 0 radical (unpaired) electrons. The summed E-state index contributed by atoms with van der Waals surface area (Å²) in [4.78, 5) is 12.3. The number of hydrogen-bond acceptors (Lipinski definition) is 5. The summed E-state index contributed by atoms with van der Waals surface area (Å²) in [6.07, 6.45) is 0.901. The smallest absolute Gasteiger partial charge is 0.306 e. The molecule has 0 saturated carbocycles. The SMILES string of the molecule is CC(C)CNC[C@@H](O)[C@@H](CC(=O)O[C@H]1CCOC1)Cc1ccccc1. The fourth-order valence-corrected chi connectivity index (χ4v) is 3.00. The molecule has 0 aliphatic carbocycles. The van der Waals surface area contributed by atoms with Crippen molar-refractivity contribution in [3.05, 3.63) is 35.9 Å². The van der Waals surface area contributed by atoms with Gasteiger partial charge in [-0.1, -0.05) is 44.2 Å². The van der Waals surface area contributed by atoms with Gasteiger partial charge in [0.2, 0.25) is 0 Å². The third-order valence-corrected chi connectivity index (χ3v) is 4.41. The van der Waals surface area contributed by atoms with Gasteiger partial charge in [-0.25, -0.2) is 0 Å². The van der Waals surface area contributed by atoms with E-state index in [-0.39, 0.29) is 24.4 Å². The first-order valence-corrected chi connectivity index (χ1v) is 9.24. The Labute approximate surface area is 150 Å². The Morgan fingerprint density at radius 2 is 2.08 bits per heavy atom. The van der Waals surface area contributed by atoms with Crippen molar-refractivity contribution in [3.8, 4) is 0 Å².